The van der Waals surface area contributed by atoms with Crippen molar-refractivity contribution in [1.82, 2.24) is 4.90 Å². The summed E-state index contributed by atoms with van der Waals surface area (Å²) in [6.07, 6.45) is 5.91. The number of benzene rings is 2. The molecule has 2 aliphatic rings. The first-order valence-electron chi connectivity index (χ1n) is 11.4. The molecule has 5 heteroatoms. The Labute approximate surface area is 201 Å². The number of rotatable bonds is 6. The maximum Gasteiger partial charge on any atom is 0.268 e. The highest BCUT2D eigenvalue weighted by atomic mass is 35.5. The zero-order valence-corrected chi connectivity index (χ0v) is 20.0. The molecule has 0 bridgehead atoms. The smallest absolute Gasteiger partial charge is 0.268 e. The van der Waals surface area contributed by atoms with E-state index in [9.17, 15) is 4.79 Å². The van der Waals surface area contributed by atoms with Crippen molar-refractivity contribution in [2.75, 3.05) is 24.5 Å². The van der Waals surface area contributed by atoms with Crippen LogP contribution in [0.1, 0.15) is 40.9 Å². The quantitative estimate of drug-likeness (QED) is 0.425. The minimum atomic E-state index is 0. The third kappa shape index (κ3) is 4.93. The highest BCUT2D eigenvalue weighted by Gasteiger charge is 2.49. The zero-order valence-electron chi connectivity index (χ0n) is 18.4. The molecule has 0 radical (unpaired) electrons. The van der Waals surface area contributed by atoms with Gasteiger partial charge in [-0.05, 0) is 79.8 Å². The number of hydrogen-bond donors (Lipinski definition) is 0. The molecule has 5 rings (SSSR count). The Bertz CT molecular complexity index is 977. The number of hydrogen-bond acceptors (Lipinski definition) is 3. The summed E-state index contributed by atoms with van der Waals surface area (Å²) in [6, 6.07) is 25.3. The van der Waals surface area contributed by atoms with Crippen LogP contribution in [0.2, 0.25) is 0 Å². The van der Waals surface area contributed by atoms with Crippen molar-refractivity contribution in [1.29, 1.82) is 0 Å². The molecule has 1 aliphatic heterocycles. The highest BCUT2D eigenvalue weighted by molar-refractivity contribution is 7.12. The number of carbonyl (C=O) groups excluding carboxylic acids is 1. The standard InChI is InChI=1S/C27H30N2OS.ClH/c30-26(25-12-7-19-31-25)29(23-10-5-2-6-11-23)24-20-27(21-24)14-17-28(18-15-27)16-13-22-8-3-1-4-9-22;/h1-12,19,24H,13-18,20-21H2;1H. The van der Waals surface area contributed by atoms with E-state index in [4.69, 9.17) is 0 Å². The number of nitrogens with zero attached hydrogens (tertiary/aromatic N) is 2. The second kappa shape index (κ2) is 10.2. The van der Waals surface area contributed by atoms with Crippen molar-refractivity contribution in [3.63, 3.8) is 0 Å². The molecule has 2 aromatic carbocycles. The first-order chi connectivity index (χ1) is 15.2. The predicted molar refractivity (Wildman–Crippen MR) is 136 cm³/mol. The topological polar surface area (TPSA) is 23.6 Å². The van der Waals surface area contributed by atoms with Gasteiger partial charge in [-0.1, -0.05) is 54.6 Å². The van der Waals surface area contributed by atoms with E-state index in [0.29, 0.717) is 11.5 Å². The number of likely N-dealkylation sites (tertiary alicyclic amines) is 1. The lowest BCUT2D eigenvalue weighted by Gasteiger charge is -2.55. The highest BCUT2D eigenvalue weighted by Crippen LogP contribution is 2.52. The molecule has 1 aromatic heterocycles. The number of amides is 1. The molecule has 0 atom stereocenters. The molecule has 1 saturated heterocycles. The third-order valence-electron chi connectivity index (χ3n) is 7.16. The van der Waals surface area contributed by atoms with E-state index in [2.05, 4.69) is 52.3 Å². The summed E-state index contributed by atoms with van der Waals surface area (Å²) in [5.41, 5.74) is 2.88. The summed E-state index contributed by atoms with van der Waals surface area (Å²) in [6.45, 7) is 3.52. The largest absolute Gasteiger partial charge is 0.305 e. The average Bonchev–Trinajstić information content (AvgIpc) is 3.34. The van der Waals surface area contributed by atoms with Gasteiger partial charge in [-0.2, -0.15) is 0 Å². The lowest BCUT2D eigenvalue weighted by molar-refractivity contribution is 0.0157. The molecular formula is C27H31ClN2OS. The summed E-state index contributed by atoms with van der Waals surface area (Å²) in [5, 5.41) is 1.99. The Hall–Kier alpha value is -2.14. The summed E-state index contributed by atoms with van der Waals surface area (Å²) in [4.78, 5) is 18.8. The molecule has 0 N–H and O–H groups in total. The van der Waals surface area contributed by atoms with Crippen LogP contribution in [0, 0.1) is 5.41 Å². The molecule has 32 heavy (non-hydrogen) atoms. The van der Waals surface area contributed by atoms with Crippen LogP contribution < -0.4 is 4.90 Å². The summed E-state index contributed by atoms with van der Waals surface area (Å²) >= 11 is 1.54. The monoisotopic (exact) mass is 466 g/mol. The second-order valence-corrected chi connectivity index (χ2v) is 10.1. The first kappa shape index (κ1) is 23.0. The van der Waals surface area contributed by atoms with E-state index >= 15 is 0 Å². The minimum absolute atomic E-state index is 0. The van der Waals surface area contributed by atoms with E-state index in [0.717, 1.165) is 36.4 Å². The van der Waals surface area contributed by atoms with Crippen molar-refractivity contribution in [3.8, 4) is 0 Å². The molecular weight excluding hydrogens is 436 g/mol. The van der Waals surface area contributed by atoms with Gasteiger partial charge in [-0.25, -0.2) is 0 Å². The van der Waals surface area contributed by atoms with Crippen LogP contribution in [0.5, 0.6) is 0 Å². The zero-order chi connectivity index (χ0) is 21.1. The Morgan fingerprint density at radius 3 is 2.22 bits per heavy atom. The molecule has 1 saturated carbocycles. The van der Waals surface area contributed by atoms with Crippen molar-refractivity contribution < 1.29 is 4.79 Å². The van der Waals surface area contributed by atoms with Gasteiger partial charge in [0, 0.05) is 18.3 Å². The number of thiophene rings is 1. The van der Waals surface area contributed by atoms with Gasteiger partial charge in [0.25, 0.3) is 5.91 Å². The van der Waals surface area contributed by atoms with Gasteiger partial charge in [0.2, 0.25) is 0 Å². The van der Waals surface area contributed by atoms with E-state index in [1.807, 2.05) is 35.7 Å². The summed E-state index contributed by atoms with van der Waals surface area (Å²) in [5.74, 6) is 0.154. The Morgan fingerprint density at radius 1 is 0.938 bits per heavy atom. The van der Waals surface area contributed by atoms with Gasteiger partial charge in [0.15, 0.2) is 0 Å². The molecule has 3 nitrogen and oxygen atoms in total. The van der Waals surface area contributed by atoms with Crippen LogP contribution in [-0.2, 0) is 6.42 Å². The SMILES string of the molecule is Cl.O=C(c1cccs1)N(c1ccccc1)C1CC2(CCN(CCc3ccccc3)CC2)C1. The van der Waals surface area contributed by atoms with Crippen LogP contribution in [0.3, 0.4) is 0 Å². The van der Waals surface area contributed by atoms with E-state index in [1.165, 1.54) is 42.8 Å². The van der Waals surface area contributed by atoms with Gasteiger partial charge in [0.05, 0.1) is 4.88 Å². The number of piperidine rings is 1. The minimum Gasteiger partial charge on any atom is -0.305 e. The van der Waals surface area contributed by atoms with Gasteiger partial charge in [-0.15, -0.1) is 23.7 Å². The molecule has 1 amide bonds. The van der Waals surface area contributed by atoms with Gasteiger partial charge in [-0.3, -0.25) is 4.79 Å². The average molecular weight is 467 g/mol. The van der Waals surface area contributed by atoms with E-state index < -0.39 is 0 Å². The van der Waals surface area contributed by atoms with Gasteiger partial charge >= 0.3 is 0 Å². The number of anilines is 1. The Kier molecular flexibility index (Phi) is 7.34. The third-order valence-corrected chi connectivity index (χ3v) is 8.02. The maximum absolute atomic E-state index is 13.3. The number of carbonyl (C=O) groups is 1. The van der Waals surface area contributed by atoms with Gasteiger partial charge < -0.3 is 9.80 Å². The lowest BCUT2D eigenvalue weighted by atomic mass is 9.60. The normalized spacial score (nSPS) is 18.0. The Morgan fingerprint density at radius 2 is 1.59 bits per heavy atom. The number of para-hydroxylation sites is 1. The Balaban J connectivity index is 0.00000245. The number of halogens is 1. The summed E-state index contributed by atoms with van der Waals surface area (Å²) < 4.78 is 0. The molecule has 1 spiro atoms. The molecule has 2 heterocycles. The van der Waals surface area contributed by atoms with Crippen molar-refractivity contribution >= 4 is 35.3 Å². The summed E-state index contributed by atoms with van der Waals surface area (Å²) in [7, 11) is 0. The van der Waals surface area contributed by atoms with Crippen molar-refractivity contribution in [3.05, 3.63) is 88.6 Å². The second-order valence-electron chi connectivity index (χ2n) is 9.13. The van der Waals surface area contributed by atoms with Crippen LogP contribution >= 0.6 is 23.7 Å². The molecule has 0 unspecified atom stereocenters. The molecule has 3 aromatic rings. The lowest BCUT2D eigenvalue weighted by Crippen LogP contribution is -2.56. The van der Waals surface area contributed by atoms with Crippen LogP contribution in [-0.4, -0.2) is 36.5 Å². The molecule has 1 aliphatic carbocycles. The predicted octanol–water partition coefficient (Wildman–Crippen LogP) is 6.30. The maximum atomic E-state index is 13.3. The van der Waals surface area contributed by atoms with Crippen LogP contribution in [0.25, 0.3) is 0 Å². The fraction of sp³-hybridized carbons (Fsp3) is 0.370. The van der Waals surface area contributed by atoms with Crippen molar-refractivity contribution in [2.45, 2.75) is 38.1 Å². The van der Waals surface area contributed by atoms with E-state index in [1.54, 1.807) is 0 Å². The molecule has 2 fully saturated rings. The van der Waals surface area contributed by atoms with Gasteiger partial charge in [0.1, 0.15) is 0 Å². The van der Waals surface area contributed by atoms with E-state index in [-0.39, 0.29) is 18.3 Å². The fourth-order valence-electron chi connectivity index (χ4n) is 5.32. The molecule has 168 valence electrons. The first-order valence-corrected chi connectivity index (χ1v) is 12.3. The van der Waals surface area contributed by atoms with Crippen LogP contribution in [0.15, 0.2) is 78.2 Å². The van der Waals surface area contributed by atoms with Crippen LogP contribution in [0.4, 0.5) is 5.69 Å². The fourth-order valence-corrected chi connectivity index (χ4v) is 5.98. The van der Waals surface area contributed by atoms with Crippen molar-refractivity contribution in [2.24, 2.45) is 5.41 Å².